The van der Waals surface area contributed by atoms with Crippen LogP contribution >= 0.6 is 0 Å². The number of nitro benzene ring substituents is 1. The summed E-state index contributed by atoms with van der Waals surface area (Å²) >= 11 is 0. The van der Waals surface area contributed by atoms with E-state index in [0.717, 1.165) is 0 Å². The van der Waals surface area contributed by atoms with Gasteiger partial charge in [-0.2, -0.15) is 5.10 Å². The van der Waals surface area contributed by atoms with Gasteiger partial charge in [-0.25, -0.2) is 5.43 Å². The molecule has 9 nitrogen and oxygen atoms in total. The average molecular weight is 392 g/mol. The molecule has 0 unspecified atom stereocenters. The molecule has 3 aromatic rings. The number of non-ortho nitro benzene ring substituents is 1. The van der Waals surface area contributed by atoms with Crippen LogP contribution < -0.4 is 10.7 Å². The van der Waals surface area contributed by atoms with Gasteiger partial charge in [0.15, 0.2) is 5.76 Å². The first-order valence-corrected chi connectivity index (χ1v) is 8.48. The van der Waals surface area contributed by atoms with Gasteiger partial charge in [0, 0.05) is 23.4 Å². The lowest BCUT2D eigenvalue weighted by Crippen LogP contribution is -2.19. The number of hydrogen-bond donors (Lipinski definition) is 2. The Morgan fingerprint density at radius 1 is 1.00 bits per heavy atom. The number of anilines is 1. The second-order valence-corrected chi connectivity index (χ2v) is 5.95. The summed E-state index contributed by atoms with van der Waals surface area (Å²) in [6.45, 7) is 1.70. The van der Waals surface area contributed by atoms with Crippen LogP contribution in [0.3, 0.4) is 0 Å². The Morgan fingerprint density at radius 2 is 1.76 bits per heavy atom. The number of amides is 2. The van der Waals surface area contributed by atoms with Crippen molar-refractivity contribution in [2.75, 3.05) is 5.32 Å². The largest absolute Gasteiger partial charge is 0.459 e. The lowest BCUT2D eigenvalue weighted by Gasteiger charge is -2.07. The molecule has 0 aliphatic heterocycles. The van der Waals surface area contributed by atoms with Crippen LogP contribution in [0.4, 0.5) is 11.4 Å². The molecule has 3 rings (SSSR count). The van der Waals surface area contributed by atoms with Gasteiger partial charge in [0.25, 0.3) is 17.5 Å². The molecule has 1 aromatic heterocycles. The van der Waals surface area contributed by atoms with E-state index in [1.165, 1.54) is 30.5 Å². The fraction of sp³-hybridized carbons (Fsp3) is 0.0500. The number of hydrogen-bond acceptors (Lipinski definition) is 6. The molecule has 0 aliphatic carbocycles. The maximum Gasteiger partial charge on any atom is 0.291 e. The third-order valence-electron chi connectivity index (χ3n) is 3.95. The Balaban J connectivity index is 1.67. The van der Waals surface area contributed by atoms with Gasteiger partial charge >= 0.3 is 0 Å². The Bertz CT molecular complexity index is 1070. The molecule has 146 valence electrons. The summed E-state index contributed by atoms with van der Waals surface area (Å²) in [7, 11) is 0. The second kappa shape index (κ2) is 8.61. The Morgan fingerprint density at radius 3 is 2.41 bits per heavy atom. The molecule has 0 atom stereocenters. The fourth-order valence-electron chi connectivity index (χ4n) is 2.42. The normalized spacial score (nSPS) is 11.0. The Kier molecular flexibility index (Phi) is 5.79. The van der Waals surface area contributed by atoms with E-state index < -0.39 is 10.8 Å². The smallest absolute Gasteiger partial charge is 0.291 e. The van der Waals surface area contributed by atoms with Crippen LogP contribution in [0.2, 0.25) is 0 Å². The average Bonchev–Trinajstić information content (AvgIpc) is 3.27. The van der Waals surface area contributed by atoms with Crippen molar-refractivity contribution in [2.45, 2.75) is 6.92 Å². The molecule has 0 saturated carbocycles. The van der Waals surface area contributed by atoms with E-state index in [4.69, 9.17) is 4.42 Å². The van der Waals surface area contributed by atoms with Crippen LogP contribution in [-0.4, -0.2) is 22.4 Å². The van der Waals surface area contributed by atoms with Crippen LogP contribution in [0.5, 0.6) is 0 Å². The van der Waals surface area contributed by atoms with Gasteiger partial charge in [0.1, 0.15) is 0 Å². The number of nitrogens with zero attached hydrogens (tertiary/aromatic N) is 2. The van der Waals surface area contributed by atoms with Crippen molar-refractivity contribution in [3.05, 3.63) is 93.9 Å². The lowest BCUT2D eigenvalue weighted by atomic mass is 10.1. The highest BCUT2D eigenvalue weighted by molar-refractivity contribution is 6.04. The quantitative estimate of drug-likeness (QED) is 0.376. The minimum absolute atomic E-state index is 0.102. The van der Waals surface area contributed by atoms with Gasteiger partial charge < -0.3 is 9.73 Å². The van der Waals surface area contributed by atoms with Gasteiger partial charge in [-0.05, 0) is 48.9 Å². The molecule has 0 spiro atoms. The van der Waals surface area contributed by atoms with Crippen molar-refractivity contribution in [1.29, 1.82) is 0 Å². The summed E-state index contributed by atoms with van der Waals surface area (Å²) in [5.41, 5.74) is 4.28. The van der Waals surface area contributed by atoms with Crippen molar-refractivity contribution in [1.82, 2.24) is 5.43 Å². The molecule has 0 aliphatic rings. The number of carbonyl (C=O) groups excluding carboxylic acids is 2. The summed E-state index contributed by atoms with van der Waals surface area (Å²) in [6, 6.07) is 15.3. The molecule has 2 N–H and O–H groups in total. The summed E-state index contributed by atoms with van der Waals surface area (Å²) in [4.78, 5) is 34.3. The van der Waals surface area contributed by atoms with Gasteiger partial charge in [0.05, 0.1) is 16.9 Å². The molecular weight excluding hydrogens is 376 g/mol. The van der Waals surface area contributed by atoms with Crippen LogP contribution in [0.25, 0.3) is 0 Å². The zero-order chi connectivity index (χ0) is 20.8. The van der Waals surface area contributed by atoms with Gasteiger partial charge in [-0.3, -0.25) is 19.7 Å². The summed E-state index contributed by atoms with van der Waals surface area (Å²) in [6.07, 6.45) is 1.41. The second-order valence-electron chi connectivity index (χ2n) is 5.95. The molecule has 2 aromatic carbocycles. The third kappa shape index (κ3) is 4.92. The molecule has 0 radical (unpaired) electrons. The van der Waals surface area contributed by atoms with E-state index in [2.05, 4.69) is 15.8 Å². The monoisotopic (exact) mass is 392 g/mol. The first-order valence-electron chi connectivity index (χ1n) is 8.48. The topological polar surface area (TPSA) is 127 Å². The minimum Gasteiger partial charge on any atom is -0.459 e. The first-order chi connectivity index (χ1) is 13.9. The van der Waals surface area contributed by atoms with E-state index in [0.29, 0.717) is 17.0 Å². The van der Waals surface area contributed by atoms with Crippen LogP contribution in [0.15, 0.2) is 76.4 Å². The number of nitro groups is 1. The minimum atomic E-state index is -0.540. The predicted octanol–water partition coefficient (Wildman–Crippen LogP) is 3.59. The van der Waals surface area contributed by atoms with Gasteiger partial charge in [-0.1, -0.05) is 12.1 Å². The summed E-state index contributed by atoms with van der Waals surface area (Å²) in [5, 5.41) is 17.4. The lowest BCUT2D eigenvalue weighted by molar-refractivity contribution is -0.384. The van der Waals surface area contributed by atoms with Crippen LogP contribution in [0, 0.1) is 10.1 Å². The number of hydrazone groups is 1. The highest BCUT2D eigenvalue weighted by Gasteiger charge is 2.11. The molecule has 0 saturated heterocycles. The van der Waals surface area contributed by atoms with Crippen molar-refractivity contribution in [3.63, 3.8) is 0 Å². The predicted molar refractivity (Wildman–Crippen MR) is 106 cm³/mol. The number of nitrogens with one attached hydrogen (secondary N) is 2. The van der Waals surface area contributed by atoms with Crippen LogP contribution in [-0.2, 0) is 0 Å². The number of rotatable bonds is 6. The van der Waals surface area contributed by atoms with E-state index in [9.17, 15) is 19.7 Å². The Hall–Kier alpha value is -4.27. The molecule has 29 heavy (non-hydrogen) atoms. The van der Waals surface area contributed by atoms with E-state index in [1.807, 2.05) is 0 Å². The van der Waals surface area contributed by atoms with Crippen molar-refractivity contribution in [2.24, 2.45) is 5.10 Å². The SMILES string of the molecule is C/C(=N\NC(=O)c1ccc([N+](=O)[O-])cc1)c1cccc(NC(=O)c2ccco2)c1. The van der Waals surface area contributed by atoms with Crippen molar-refractivity contribution >= 4 is 28.9 Å². The van der Waals surface area contributed by atoms with Gasteiger partial charge in [0.2, 0.25) is 0 Å². The molecule has 9 heteroatoms. The van der Waals surface area contributed by atoms with E-state index >= 15 is 0 Å². The standard InChI is InChI=1S/C20H16N4O5/c1-13(22-23-19(25)14-7-9-17(10-8-14)24(27)28)15-4-2-5-16(12-15)21-20(26)18-6-3-11-29-18/h2-12H,1H3,(H,21,26)(H,23,25)/b22-13+. The van der Waals surface area contributed by atoms with Crippen molar-refractivity contribution in [3.8, 4) is 0 Å². The number of carbonyl (C=O) groups is 2. The molecule has 2 amide bonds. The van der Waals surface area contributed by atoms with E-state index in [1.54, 1.807) is 43.3 Å². The highest BCUT2D eigenvalue weighted by atomic mass is 16.6. The van der Waals surface area contributed by atoms with E-state index in [-0.39, 0.29) is 22.9 Å². The zero-order valence-corrected chi connectivity index (χ0v) is 15.3. The molecule has 0 fully saturated rings. The maximum absolute atomic E-state index is 12.1. The van der Waals surface area contributed by atoms with Crippen molar-refractivity contribution < 1.29 is 18.9 Å². The number of benzene rings is 2. The molecular formula is C20H16N4O5. The zero-order valence-electron chi connectivity index (χ0n) is 15.3. The molecule has 0 bridgehead atoms. The Labute approximate surface area is 165 Å². The van der Waals surface area contributed by atoms with Crippen LogP contribution in [0.1, 0.15) is 33.4 Å². The summed E-state index contributed by atoms with van der Waals surface area (Å²) in [5.74, 6) is -0.689. The fourth-order valence-corrected chi connectivity index (χ4v) is 2.42. The first kappa shape index (κ1) is 19.5. The maximum atomic E-state index is 12.1. The third-order valence-corrected chi connectivity index (χ3v) is 3.95. The summed E-state index contributed by atoms with van der Waals surface area (Å²) < 4.78 is 5.05. The number of furan rings is 1. The molecule has 1 heterocycles. The highest BCUT2D eigenvalue weighted by Crippen LogP contribution is 2.14. The van der Waals surface area contributed by atoms with Gasteiger partial charge in [-0.15, -0.1) is 0 Å².